The lowest BCUT2D eigenvalue weighted by molar-refractivity contribution is -0.00819. The van der Waals surface area contributed by atoms with Gasteiger partial charge in [-0.1, -0.05) is 0 Å². The zero-order chi connectivity index (χ0) is 25.6. The number of aromatic amines is 1. The van der Waals surface area contributed by atoms with Crippen molar-refractivity contribution in [3.05, 3.63) is 35.9 Å². The number of rotatable bonds is 7. The molecule has 5 N–H and O–H groups in total. The zero-order valence-corrected chi connectivity index (χ0v) is 20.7. The highest BCUT2D eigenvalue weighted by Gasteiger charge is 2.43. The number of carbonyl (C=O) groups is 1. The van der Waals surface area contributed by atoms with E-state index in [0.29, 0.717) is 41.6 Å². The molecule has 3 aliphatic rings. The molecule has 1 saturated heterocycles. The second-order valence-corrected chi connectivity index (χ2v) is 10.4. The molecule has 37 heavy (non-hydrogen) atoms. The van der Waals surface area contributed by atoms with Crippen LogP contribution in [0.3, 0.4) is 0 Å². The predicted octanol–water partition coefficient (Wildman–Crippen LogP) is 1.95. The Bertz CT molecular complexity index is 1270. The van der Waals surface area contributed by atoms with Crippen LogP contribution < -0.4 is 16.0 Å². The third-order valence-electron chi connectivity index (χ3n) is 7.56. The minimum absolute atomic E-state index is 0.207. The molecular weight excluding hydrogens is 481 g/mol. The van der Waals surface area contributed by atoms with Gasteiger partial charge in [0.15, 0.2) is 12.0 Å². The Labute approximate surface area is 213 Å². The lowest BCUT2D eigenvalue weighted by Gasteiger charge is -2.30. The zero-order valence-electron chi connectivity index (χ0n) is 20.7. The average Bonchev–Trinajstić information content (AvgIpc) is 3.25. The number of halogens is 1. The SMILES string of the molecule is CC1(NC(=O)O[C@@H]2CC[C@H](c3cc(Nc4nccc5nc(C(O)N6CCNCC6)cn45)n[nH]3)[C@@H]2F)CC1. The number of nitrogens with zero attached hydrogens (tertiary/aromatic N) is 5. The number of anilines is 2. The lowest BCUT2D eigenvalue weighted by atomic mass is 10.0. The van der Waals surface area contributed by atoms with E-state index in [9.17, 15) is 9.90 Å². The highest BCUT2D eigenvalue weighted by atomic mass is 19.1. The second-order valence-electron chi connectivity index (χ2n) is 10.4. The van der Waals surface area contributed by atoms with Crippen molar-refractivity contribution < 1.29 is 19.0 Å². The molecule has 0 radical (unpaired) electrons. The van der Waals surface area contributed by atoms with Crippen LogP contribution >= 0.6 is 0 Å². The monoisotopic (exact) mass is 513 g/mol. The van der Waals surface area contributed by atoms with E-state index in [0.717, 1.165) is 39.0 Å². The minimum Gasteiger partial charge on any atom is -0.443 e. The van der Waals surface area contributed by atoms with E-state index >= 15 is 4.39 Å². The Morgan fingerprint density at radius 3 is 2.92 bits per heavy atom. The van der Waals surface area contributed by atoms with Crippen LogP contribution in [0.1, 0.15) is 56.1 Å². The number of amides is 1. The number of aliphatic hydroxyl groups excluding tert-OH is 1. The van der Waals surface area contributed by atoms with E-state index in [-0.39, 0.29) is 5.54 Å². The van der Waals surface area contributed by atoms with Crippen molar-refractivity contribution in [2.45, 2.75) is 62.6 Å². The van der Waals surface area contributed by atoms with Crippen LogP contribution in [0.15, 0.2) is 24.5 Å². The highest BCUT2D eigenvalue weighted by molar-refractivity contribution is 5.69. The van der Waals surface area contributed by atoms with Gasteiger partial charge in [0, 0.05) is 61.8 Å². The first-order chi connectivity index (χ1) is 17.9. The summed E-state index contributed by atoms with van der Waals surface area (Å²) in [7, 11) is 0. The van der Waals surface area contributed by atoms with E-state index in [1.165, 1.54) is 0 Å². The van der Waals surface area contributed by atoms with Crippen LogP contribution in [-0.4, -0.2) is 84.7 Å². The van der Waals surface area contributed by atoms with E-state index < -0.39 is 30.5 Å². The molecule has 0 aromatic carbocycles. The number of H-pyrrole nitrogens is 1. The van der Waals surface area contributed by atoms with Crippen molar-refractivity contribution >= 4 is 23.5 Å². The summed E-state index contributed by atoms with van der Waals surface area (Å²) in [5, 5.41) is 27.3. The third kappa shape index (κ3) is 4.98. The number of imidazole rings is 1. The normalized spacial score (nSPS) is 26.2. The molecule has 3 fully saturated rings. The Morgan fingerprint density at radius 2 is 2.14 bits per heavy atom. The van der Waals surface area contributed by atoms with Gasteiger partial charge in [-0.3, -0.25) is 14.4 Å². The molecule has 1 unspecified atom stereocenters. The lowest BCUT2D eigenvalue weighted by Crippen LogP contribution is -2.45. The average molecular weight is 514 g/mol. The Morgan fingerprint density at radius 1 is 1.32 bits per heavy atom. The molecular formula is C24H32FN9O3. The maximum absolute atomic E-state index is 15.2. The number of hydrogen-bond acceptors (Lipinski definition) is 9. The van der Waals surface area contributed by atoms with Crippen LogP contribution in [-0.2, 0) is 4.74 Å². The smallest absolute Gasteiger partial charge is 0.407 e. The summed E-state index contributed by atoms with van der Waals surface area (Å²) in [6.07, 6.45) is 2.74. The number of nitrogens with one attached hydrogen (secondary N) is 4. The molecule has 198 valence electrons. The van der Waals surface area contributed by atoms with Gasteiger partial charge < -0.3 is 25.8 Å². The summed E-state index contributed by atoms with van der Waals surface area (Å²) in [6.45, 7) is 5.07. The number of fused-ring (bicyclic) bond motifs is 1. The van der Waals surface area contributed by atoms with Gasteiger partial charge in [0.05, 0.1) is 0 Å². The fourth-order valence-corrected chi connectivity index (χ4v) is 5.07. The van der Waals surface area contributed by atoms with Gasteiger partial charge in [-0.05, 0) is 38.7 Å². The summed E-state index contributed by atoms with van der Waals surface area (Å²) in [5.41, 5.74) is 1.59. The van der Waals surface area contributed by atoms with Crippen LogP contribution in [0, 0.1) is 0 Å². The summed E-state index contributed by atoms with van der Waals surface area (Å²) in [6, 6.07) is 3.51. The van der Waals surface area contributed by atoms with Gasteiger partial charge in [0.2, 0.25) is 5.95 Å². The molecule has 6 rings (SSSR count). The summed E-state index contributed by atoms with van der Waals surface area (Å²) >= 11 is 0. The van der Waals surface area contributed by atoms with Crippen LogP contribution in [0.25, 0.3) is 5.65 Å². The number of alkyl carbamates (subject to hydrolysis) is 1. The molecule has 4 atom stereocenters. The van der Waals surface area contributed by atoms with E-state index in [4.69, 9.17) is 4.74 Å². The molecule has 12 nitrogen and oxygen atoms in total. The Balaban J connectivity index is 1.12. The fraction of sp³-hybridized carbons (Fsp3) is 0.583. The first-order valence-electron chi connectivity index (χ1n) is 12.8. The third-order valence-corrected chi connectivity index (χ3v) is 7.56. The van der Waals surface area contributed by atoms with Crippen molar-refractivity contribution in [2.75, 3.05) is 31.5 Å². The number of ether oxygens (including phenoxy) is 1. The van der Waals surface area contributed by atoms with Gasteiger partial charge in [-0.2, -0.15) is 5.10 Å². The molecule has 2 saturated carbocycles. The largest absolute Gasteiger partial charge is 0.443 e. The van der Waals surface area contributed by atoms with Crippen molar-refractivity contribution in [3.8, 4) is 0 Å². The number of piperazine rings is 1. The molecule has 1 amide bonds. The maximum Gasteiger partial charge on any atom is 0.407 e. The van der Waals surface area contributed by atoms with E-state index in [1.807, 2.05) is 11.8 Å². The number of hydrogen-bond donors (Lipinski definition) is 5. The summed E-state index contributed by atoms with van der Waals surface area (Å²) in [5.74, 6) is 0.496. The molecule has 4 heterocycles. The minimum atomic E-state index is -1.32. The van der Waals surface area contributed by atoms with E-state index in [1.54, 1.807) is 28.9 Å². The van der Waals surface area contributed by atoms with Gasteiger partial charge in [-0.15, -0.1) is 0 Å². The second kappa shape index (κ2) is 9.54. The van der Waals surface area contributed by atoms with Gasteiger partial charge >= 0.3 is 6.09 Å². The first kappa shape index (κ1) is 24.1. The van der Waals surface area contributed by atoms with E-state index in [2.05, 4.69) is 36.1 Å². The van der Waals surface area contributed by atoms with Crippen molar-refractivity contribution in [2.24, 2.45) is 0 Å². The van der Waals surface area contributed by atoms with Crippen molar-refractivity contribution in [1.82, 2.24) is 40.1 Å². The molecule has 0 bridgehead atoms. The number of aromatic nitrogens is 5. The maximum atomic E-state index is 15.2. The summed E-state index contributed by atoms with van der Waals surface area (Å²) in [4.78, 5) is 23.1. The standard InChI is InChI=1S/C24H32FN9O3/c1-24(5-6-24)30-23(36)37-17-3-2-14(20(17)25)15-12-18(32-31-15)29-22-27-7-4-19-28-16(13-34(19)22)21(35)33-10-8-26-9-11-33/h4,7,12-14,17,20-21,26,35H,2-3,5-6,8-11H2,1H3,(H,30,36)(H2,27,29,31,32)/t14-,17-,20+,21?/m1/s1. The Hall–Kier alpha value is -3.29. The van der Waals surface area contributed by atoms with Gasteiger partial charge in [-0.25, -0.2) is 19.2 Å². The van der Waals surface area contributed by atoms with Crippen LogP contribution in [0.2, 0.25) is 0 Å². The molecule has 2 aliphatic carbocycles. The topological polar surface area (TPSA) is 145 Å². The number of carbonyl (C=O) groups excluding carboxylic acids is 1. The first-order valence-corrected chi connectivity index (χ1v) is 12.8. The molecule has 3 aromatic heterocycles. The van der Waals surface area contributed by atoms with Gasteiger partial charge in [0.25, 0.3) is 0 Å². The molecule has 13 heteroatoms. The molecule has 3 aromatic rings. The Kier molecular flexibility index (Phi) is 6.21. The fourth-order valence-electron chi connectivity index (χ4n) is 5.07. The quantitative estimate of drug-likeness (QED) is 0.320. The summed E-state index contributed by atoms with van der Waals surface area (Å²) < 4.78 is 22.3. The number of alkyl halides is 1. The number of aliphatic hydroxyl groups is 1. The van der Waals surface area contributed by atoms with Gasteiger partial charge in [0.1, 0.15) is 23.6 Å². The predicted molar refractivity (Wildman–Crippen MR) is 132 cm³/mol. The van der Waals surface area contributed by atoms with Crippen molar-refractivity contribution in [1.29, 1.82) is 0 Å². The molecule has 0 spiro atoms. The van der Waals surface area contributed by atoms with Crippen molar-refractivity contribution in [3.63, 3.8) is 0 Å². The van der Waals surface area contributed by atoms with Crippen LogP contribution in [0.5, 0.6) is 0 Å². The molecule has 1 aliphatic heterocycles. The van der Waals surface area contributed by atoms with Crippen LogP contribution in [0.4, 0.5) is 21.0 Å². The highest BCUT2D eigenvalue weighted by Crippen LogP contribution is 2.39.